The van der Waals surface area contributed by atoms with Gasteiger partial charge in [0, 0.05) is 38.1 Å². The number of carbonyl (C=O) groups excluding carboxylic acids is 1. The molecule has 0 radical (unpaired) electrons. The molecule has 1 fully saturated rings. The van der Waals surface area contributed by atoms with Crippen LogP contribution >= 0.6 is 11.5 Å². The number of carbonyl (C=O) groups is 1. The SMILES string of the molecule is O=C(c1ccns1)N1CCN(c2ccccc2)CC1. The van der Waals surface area contributed by atoms with Gasteiger partial charge in [-0.2, -0.15) is 0 Å². The molecule has 2 heterocycles. The van der Waals surface area contributed by atoms with Crippen LogP contribution in [-0.2, 0) is 0 Å². The molecule has 1 aromatic carbocycles. The van der Waals surface area contributed by atoms with Gasteiger partial charge in [-0.25, -0.2) is 4.37 Å². The van der Waals surface area contributed by atoms with E-state index in [-0.39, 0.29) is 5.91 Å². The molecule has 0 atom stereocenters. The van der Waals surface area contributed by atoms with E-state index in [2.05, 4.69) is 21.4 Å². The second kappa shape index (κ2) is 5.40. The van der Waals surface area contributed by atoms with E-state index in [1.165, 1.54) is 17.2 Å². The van der Waals surface area contributed by atoms with Gasteiger partial charge in [0.15, 0.2) is 0 Å². The van der Waals surface area contributed by atoms with Crippen LogP contribution in [0.25, 0.3) is 0 Å². The average Bonchev–Trinajstić information content (AvgIpc) is 3.02. The molecule has 1 aliphatic rings. The number of hydrogen-bond donors (Lipinski definition) is 0. The number of hydrogen-bond acceptors (Lipinski definition) is 4. The van der Waals surface area contributed by atoms with Crippen molar-refractivity contribution in [3.8, 4) is 0 Å². The van der Waals surface area contributed by atoms with E-state index in [0.29, 0.717) is 0 Å². The molecule has 19 heavy (non-hydrogen) atoms. The van der Waals surface area contributed by atoms with E-state index in [9.17, 15) is 4.79 Å². The van der Waals surface area contributed by atoms with Gasteiger partial charge >= 0.3 is 0 Å². The smallest absolute Gasteiger partial charge is 0.265 e. The van der Waals surface area contributed by atoms with Crippen LogP contribution < -0.4 is 4.90 Å². The summed E-state index contributed by atoms with van der Waals surface area (Å²) in [6, 6.07) is 12.1. The van der Waals surface area contributed by atoms with Crippen LogP contribution in [0.2, 0.25) is 0 Å². The average molecular weight is 273 g/mol. The maximum atomic E-state index is 12.2. The number of rotatable bonds is 2. The Morgan fingerprint density at radius 1 is 1.05 bits per heavy atom. The Labute approximate surface area is 116 Å². The standard InChI is InChI=1S/C14H15N3OS/c18-14(13-6-7-15-19-13)17-10-8-16(9-11-17)12-4-2-1-3-5-12/h1-7H,8-11H2. The topological polar surface area (TPSA) is 36.4 Å². The zero-order valence-electron chi connectivity index (χ0n) is 10.5. The largest absolute Gasteiger partial charge is 0.368 e. The van der Waals surface area contributed by atoms with Crippen molar-refractivity contribution in [3.05, 3.63) is 47.5 Å². The number of piperazine rings is 1. The van der Waals surface area contributed by atoms with Crippen molar-refractivity contribution < 1.29 is 4.79 Å². The Balaban J connectivity index is 1.62. The molecule has 2 aromatic rings. The van der Waals surface area contributed by atoms with Gasteiger partial charge in [-0.3, -0.25) is 4.79 Å². The zero-order chi connectivity index (χ0) is 13.1. The number of para-hydroxylation sites is 1. The number of anilines is 1. The molecule has 0 spiro atoms. The summed E-state index contributed by atoms with van der Waals surface area (Å²) < 4.78 is 3.98. The molecule has 4 nitrogen and oxygen atoms in total. The molecule has 1 saturated heterocycles. The summed E-state index contributed by atoms with van der Waals surface area (Å²) in [5.41, 5.74) is 1.23. The predicted octanol–water partition coefficient (Wildman–Crippen LogP) is 2.11. The van der Waals surface area contributed by atoms with Crippen molar-refractivity contribution in [2.75, 3.05) is 31.1 Å². The molecule has 0 bridgehead atoms. The van der Waals surface area contributed by atoms with Crippen LogP contribution in [0.4, 0.5) is 5.69 Å². The third-order valence-corrected chi connectivity index (χ3v) is 4.07. The van der Waals surface area contributed by atoms with Gasteiger partial charge in [-0.15, -0.1) is 0 Å². The van der Waals surface area contributed by atoms with E-state index in [1.807, 2.05) is 23.1 Å². The summed E-state index contributed by atoms with van der Waals surface area (Å²) in [4.78, 5) is 17.1. The van der Waals surface area contributed by atoms with Crippen LogP contribution in [0, 0.1) is 0 Å². The number of benzene rings is 1. The normalized spacial score (nSPS) is 15.6. The second-order valence-corrected chi connectivity index (χ2v) is 5.32. The highest BCUT2D eigenvalue weighted by Gasteiger charge is 2.22. The maximum absolute atomic E-state index is 12.2. The first kappa shape index (κ1) is 12.2. The molecule has 0 aliphatic carbocycles. The van der Waals surface area contributed by atoms with E-state index in [1.54, 1.807) is 12.3 Å². The van der Waals surface area contributed by atoms with Crippen LogP contribution in [0.5, 0.6) is 0 Å². The van der Waals surface area contributed by atoms with Crippen molar-refractivity contribution in [2.45, 2.75) is 0 Å². The zero-order valence-corrected chi connectivity index (χ0v) is 11.3. The summed E-state index contributed by atoms with van der Waals surface area (Å²) in [6.45, 7) is 3.31. The molecule has 0 saturated carbocycles. The number of aromatic nitrogens is 1. The Bertz CT molecular complexity index is 533. The molecule has 0 N–H and O–H groups in total. The lowest BCUT2D eigenvalue weighted by Crippen LogP contribution is -2.48. The first-order valence-corrected chi connectivity index (χ1v) is 7.12. The highest BCUT2D eigenvalue weighted by Crippen LogP contribution is 2.17. The molecule has 1 amide bonds. The molecular formula is C14H15N3OS. The van der Waals surface area contributed by atoms with Crippen LogP contribution in [0.15, 0.2) is 42.6 Å². The van der Waals surface area contributed by atoms with E-state index in [4.69, 9.17) is 0 Å². The van der Waals surface area contributed by atoms with Crippen LogP contribution in [-0.4, -0.2) is 41.4 Å². The van der Waals surface area contributed by atoms with E-state index < -0.39 is 0 Å². The minimum Gasteiger partial charge on any atom is -0.368 e. The fourth-order valence-corrected chi connectivity index (χ4v) is 2.85. The summed E-state index contributed by atoms with van der Waals surface area (Å²) in [5, 5.41) is 0. The Morgan fingerprint density at radius 3 is 2.42 bits per heavy atom. The number of nitrogens with zero attached hydrogens (tertiary/aromatic N) is 3. The Kier molecular flexibility index (Phi) is 3.46. The van der Waals surface area contributed by atoms with E-state index >= 15 is 0 Å². The lowest BCUT2D eigenvalue weighted by Gasteiger charge is -2.35. The first-order valence-electron chi connectivity index (χ1n) is 6.34. The van der Waals surface area contributed by atoms with Gasteiger partial charge in [0.1, 0.15) is 4.88 Å². The van der Waals surface area contributed by atoms with Crippen LogP contribution in [0.3, 0.4) is 0 Å². The van der Waals surface area contributed by atoms with Crippen molar-refractivity contribution in [2.24, 2.45) is 0 Å². The molecular weight excluding hydrogens is 258 g/mol. The third kappa shape index (κ3) is 2.61. The van der Waals surface area contributed by atoms with Crippen LogP contribution in [0.1, 0.15) is 9.67 Å². The quantitative estimate of drug-likeness (QED) is 0.841. The summed E-state index contributed by atoms with van der Waals surface area (Å²) in [6.07, 6.45) is 1.68. The molecule has 3 rings (SSSR count). The van der Waals surface area contributed by atoms with Crippen molar-refractivity contribution in [3.63, 3.8) is 0 Å². The van der Waals surface area contributed by atoms with Crippen molar-refractivity contribution in [1.82, 2.24) is 9.27 Å². The minimum atomic E-state index is 0.107. The fraction of sp³-hybridized carbons (Fsp3) is 0.286. The Hall–Kier alpha value is -1.88. The lowest BCUT2D eigenvalue weighted by atomic mass is 10.2. The molecule has 1 aromatic heterocycles. The Morgan fingerprint density at radius 2 is 1.79 bits per heavy atom. The predicted molar refractivity (Wildman–Crippen MR) is 76.7 cm³/mol. The molecule has 5 heteroatoms. The highest BCUT2D eigenvalue weighted by atomic mass is 32.1. The number of amides is 1. The van der Waals surface area contributed by atoms with Gasteiger partial charge in [0.05, 0.1) is 0 Å². The summed E-state index contributed by atoms with van der Waals surface area (Å²) in [5.74, 6) is 0.107. The van der Waals surface area contributed by atoms with Gasteiger partial charge in [-0.1, -0.05) is 18.2 Å². The molecule has 0 unspecified atom stereocenters. The first-order chi connectivity index (χ1) is 9.34. The van der Waals surface area contributed by atoms with Crippen molar-refractivity contribution in [1.29, 1.82) is 0 Å². The van der Waals surface area contributed by atoms with Gasteiger partial charge in [0.25, 0.3) is 5.91 Å². The molecule has 98 valence electrons. The van der Waals surface area contributed by atoms with E-state index in [0.717, 1.165) is 31.1 Å². The monoisotopic (exact) mass is 273 g/mol. The molecule has 1 aliphatic heterocycles. The third-order valence-electron chi connectivity index (χ3n) is 3.34. The van der Waals surface area contributed by atoms with Gasteiger partial charge in [0.2, 0.25) is 0 Å². The fourth-order valence-electron chi connectivity index (χ4n) is 2.29. The second-order valence-electron chi connectivity index (χ2n) is 4.49. The van der Waals surface area contributed by atoms with Gasteiger partial charge in [-0.05, 0) is 29.7 Å². The lowest BCUT2D eigenvalue weighted by molar-refractivity contribution is 0.0751. The van der Waals surface area contributed by atoms with Gasteiger partial charge < -0.3 is 9.80 Å². The summed E-state index contributed by atoms with van der Waals surface area (Å²) in [7, 11) is 0. The minimum absolute atomic E-state index is 0.107. The van der Waals surface area contributed by atoms with Crippen molar-refractivity contribution >= 4 is 23.1 Å². The summed E-state index contributed by atoms with van der Waals surface area (Å²) >= 11 is 1.27. The maximum Gasteiger partial charge on any atom is 0.265 e. The highest BCUT2D eigenvalue weighted by molar-refractivity contribution is 7.08.